The minimum Gasteiger partial charge on any atom is -0.362 e. The van der Waals surface area contributed by atoms with Gasteiger partial charge in [0.25, 0.3) is 0 Å². The van der Waals surface area contributed by atoms with Gasteiger partial charge < -0.3 is 15.5 Å². The fourth-order valence-electron chi connectivity index (χ4n) is 11.0. The van der Waals surface area contributed by atoms with E-state index < -0.39 is 11.6 Å². The van der Waals surface area contributed by atoms with E-state index in [1.165, 1.54) is 76.4 Å². The topological polar surface area (TPSA) is 95.6 Å². The van der Waals surface area contributed by atoms with Crippen LogP contribution < -0.4 is 10.6 Å². The lowest BCUT2D eigenvalue weighted by Gasteiger charge is -2.60. The van der Waals surface area contributed by atoms with Crippen molar-refractivity contribution in [1.82, 2.24) is 15.5 Å². The van der Waals surface area contributed by atoms with Crippen LogP contribution in [0.1, 0.15) is 145 Å². The molecule has 7 atom stereocenters. The van der Waals surface area contributed by atoms with Crippen molar-refractivity contribution in [2.24, 2.45) is 40.4 Å². The molecule has 0 heterocycles. The van der Waals surface area contributed by atoms with E-state index in [0.29, 0.717) is 48.0 Å². The summed E-state index contributed by atoms with van der Waals surface area (Å²) in [6.07, 6.45) is 20.8. The Morgan fingerprint density at radius 3 is 2.35 bits per heavy atom. The van der Waals surface area contributed by atoms with Gasteiger partial charge in [-0.15, -0.1) is 0 Å². The molecule has 48 heavy (non-hydrogen) atoms. The van der Waals surface area contributed by atoms with Crippen molar-refractivity contribution < 1.29 is 19.2 Å². The van der Waals surface area contributed by atoms with Gasteiger partial charge in [0.2, 0.25) is 23.4 Å². The fraction of sp³-hybridized carbons (Fsp3) is 0.805. The van der Waals surface area contributed by atoms with E-state index in [0.717, 1.165) is 48.9 Å². The van der Waals surface area contributed by atoms with Crippen LogP contribution in [0.5, 0.6) is 0 Å². The fourth-order valence-corrected chi connectivity index (χ4v) is 11.0. The van der Waals surface area contributed by atoms with Gasteiger partial charge >= 0.3 is 0 Å². The second-order valence-corrected chi connectivity index (χ2v) is 16.3. The standard InChI is InChI=1S/C39H61N3O4.C2H6/c1-6-22-42(25-37(46)41-26(2)3)33-24-35(44)34(43)23-27(33)18-21-40-36(45)12-9-11-29-14-16-31-30-15-13-28-10-7-8-19-38(28,4)32(30)17-20-39(29,31)5;1-2/h23-24,26,28-32H,6-22,25H2,1-5H3,(H,40,45)(H,41,46);1-2H3. The first-order valence-corrected chi connectivity index (χ1v) is 19.8. The largest absolute Gasteiger partial charge is 0.362 e. The first-order valence-electron chi connectivity index (χ1n) is 19.8. The predicted molar refractivity (Wildman–Crippen MR) is 194 cm³/mol. The average Bonchev–Trinajstić information content (AvgIpc) is 3.38. The highest BCUT2D eigenvalue weighted by molar-refractivity contribution is 6.46. The third-order valence-corrected chi connectivity index (χ3v) is 13.2. The summed E-state index contributed by atoms with van der Waals surface area (Å²) in [5, 5.41) is 5.98. The molecule has 0 aliphatic heterocycles. The summed E-state index contributed by atoms with van der Waals surface area (Å²) in [4.78, 5) is 52.0. The quantitative estimate of drug-likeness (QED) is 0.154. The number of amides is 2. The molecule has 0 aromatic heterocycles. The van der Waals surface area contributed by atoms with Crippen molar-refractivity contribution in [1.29, 1.82) is 0 Å². The number of carbonyl (C=O) groups excluding carboxylic acids is 4. The molecule has 0 aromatic rings. The Morgan fingerprint density at radius 1 is 0.896 bits per heavy atom. The summed E-state index contributed by atoms with van der Waals surface area (Å²) in [7, 11) is 0. The summed E-state index contributed by atoms with van der Waals surface area (Å²) in [5.41, 5.74) is 2.34. The Labute approximate surface area is 291 Å². The molecule has 5 aliphatic rings. The molecule has 5 aliphatic carbocycles. The monoisotopic (exact) mass is 666 g/mol. The van der Waals surface area contributed by atoms with Crippen LogP contribution in [0, 0.1) is 40.4 Å². The number of rotatable bonds is 13. The molecule has 0 aromatic carbocycles. The van der Waals surface area contributed by atoms with Gasteiger partial charge in [-0.2, -0.15) is 0 Å². The number of nitrogens with zero attached hydrogens (tertiary/aromatic N) is 1. The van der Waals surface area contributed by atoms with Crippen LogP contribution in [0.3, 0.4) is 0 Å². The summed E-state index contributed by atoms with van der Waals surface area (Å²) < 4.78 is 0. The van der Waals surface area contributed by atoms with E-state index in [4.69, 9.17) is 0 Å². The number of hydrogen-bond acceptors (Lipinski definition) is 5. The molecule has 5 rings (SSSR count). The number of hydrogen-bond donors (Lipinski definition) is 2. The Morgan fingerprint density at radius 2 is 1.62 bits per heavy atom. The number of nitrogens with one attached hydrogen (secondary N) is 2. The third kappa shape index (κ3) is 8.46. The highest BCUT2D eigenvalue weighted by Crippen LogP contribution is 2.67. The van der Waals surface area contributed by atoms with Gasteiger partial charge in [-0.05, 0) is 143 Å². The normalized spacial score (nSPS) is 32.5. The van der Waals surface area contributed by atoms with Gasteiger partial charge in [0.15, 0.2) is 0 Å². The smallest absolute Gasteiger partial charge is 0.239 e. The lowest BCUT2D eigenvalue weighted by atomic mass is 9.45. The van der Waals surface area contributed by atoms with Gasteiger partial charge in [0.05, 0.1) is 6.54 Å². The molecule has 0 spiro atoms. The van der Waals surface area contributed by atoms with E-state index in [-0.39, 0.29) is 24.4 Å². The van der Waals surface area contributed by atoms with E-state index in [1.54, 1.807) is 0 Å². The molecular weight excluding hydrogens is 598 g/mol. The maximum Gasteiger partial charge on any atom is 0.239 e. The molecule has 2 amide bonds. The Bertz CT molecular complexity index is 1220. The van der Waals surface area contributed by atoms with Crippen LogP contribution in [-0.2, 0) is 19.2 Å². The summed E-state index contributed by atoms with van der Waals surface area (Å²) in [6.45, 7) is 16.2. The third-order valence-electron chi connectivity index (χ3n) is 13.2. The molecule has 0 saturated heterocycles. The average molecular weight is 666 g/mol. The molecule has 4 fully saturated rings. The molecule has 7 heteroatoms. The van der Waals surface area contributed by atoms with Gasteiger partial charge in [0, 0.05) is 37.3 Å². The number of fused-ring (bicyclic) bond motifs is 5. The first kappa shape index (κ1) is 38.4. The van der Waals surface area contributed by atoms with Crippen molar-refractivity contribution in [2.45, 2.75) is 151 Å². The van der Waals surface area contributed by atoms with E-state index in [1.807, 2.05) is 39.5 Å². The van der Waals surface area contributed by atoms with E-state index >= 15 is 0 Å². The molecule has 2 N–H and O–H groups in total. The van der Waals surface area contributed by atoms with Crippen LogP contribution in [0.4, 0.5) is 0 Å². The molecular formula is C41H67N3O4. The summed E-state index contributed by atoms with van der Waals surface area (Å²) in [6, 6.07) is 0.0163. The van der Waals surface area contributed by atoms with E-state index in [9.17, 15) is 19.2 Å². The van der Waals surface area contributed by atoms with Crippen molar-refractivity contribution in [3.05, 3.63) is 23.4 Å². The summed E-state index contributed by atoms with van der Waals surface area (Å²) in [5.74, 6) is 3.22. The number of carbonyl (C=O) groups is 4. The lowest BCUT2D eigenvalue weighted by Crippen LogP contribution is -2.52. The van der Waals surface area contributed by atoms with Gasteiger partial charge in [-0.3, -0.25) is 19.2 Å². The van der Waals surface area contributed by atoms with Crippen molar-refractivity contribution in [3.8, 4) is 0 Å². The highest BCUT2D eigenvalue weighted by Gasteiger charge is 2.59. The molecule has 0 bridgehead atoms. The molecule has 4 saturated carbocycles. The zero-order valence-corrected chi connectivity index (χ0v) is 31.4. The second kappa shape index (κ2) is 17.0. The van der Waals surface area contributed by atoms with Crippen LogP contribution in [0.25, 0.3) is 0 Å². The number of allylic oxidation sites excluding steroid dienone is 3. The lowest BCUT2D eigenvalue weighted by molar-refractivity contribution is -0.131. The van der Waals surface area contributed by atoms with Crippen molar-refractivity contribution >= 4 is 23.4 Å². The minimum atomic E-state index is -0.569. The maximum atomic E-state index is 12.9. The first-order chi connectivity index (χ1) is 23.0. The van der Waals surface area contributed by atoms with Crippen LogP contribution in [0.2, 0.25) is 0 Å². The minimum absolute atomic E-state index is 0.0163. The zero-order valence-electron chi connectivity index (χ0n) is 31.4. The molecule has 7 nitrogen and oxygen atoms in total. The maximum absolute atomic E-state index is 12.9. The molecule has 0 radical (unpaired) electrons. The Balaban J connectivity index is 0.00000255. The Hall–Kier alpha value is -2.44. The SMILES string of the molecule is CC.CCCN(CC(=O)NC(C)C)C1=CC(=O)C(=O)C=C1CCNC(=O)CCCC1CCC2C3CCC4CCCCC4(C)C3CCC12C. The van der Waals surface area contributed by atoms with Crippen molar-refractivity contribution in [3.63, 3.8) is 0 Å². The van der Waals surface area contributed by atoms with Gasteiger partial charge in [0.1, 0.15) is 0 Å². The van der Waals surface area contributed by atoms with Crippen LogP contribution in [-0.4, -0.2) is 54.0 Å². The highest BCUT2D eigenvalue weighted by atomic mass is 16.2. The van der Waals surface area contributed by atoms with Crippen LogP contribution >= 0.6 is 0 Å². The second-order valence-electron chi connectivity index (χ2n) is 16.3. The number of ketones is 2. The van der Waals surface area contributed by atoms with Gasteiger partial charge in [-0.1, -0.05) is 47.5 Å². The zero-order chi connectivity index (χ0) is 35.1. The van der Waals surface area contributed by atoms with E-state index in [2.05, 4.69) is 24.5 Å². The van der Waals surface area contributed by atoms with Crippen LogP contribution in [0.15, 0.2) is 23.4 Å². The Kier molecular flexibility index (Phi) is 13.6. The van der Waals surface area contributed by atoms with Crippen molar-refractivity contribution in [2.75, 3.05) is 19.6 Å². The summed E-state index contributed by atoms with van der Waals surface area (Å²) >= 11 is 0. The predicted octanol–water partition coefficient (Wildman–Crippen LogP) is 7.94. The molecule has 7 unspecified atom stereocenters. The van der Waals surface area contributed by atoms with Gasteiger partial charge in [-0.25, -0.2) is 0 Å². The molecule has 270 valence electrons.